The first-order chi connectivity index (χ1) is 11.9. The maximum absolute atomic E-state index is 13.2. The topological polar surface area (TPSA) is 105 Å². The summed E-state index contributed by atoms with van der Waals surface area (Å²) in [5.74, 6) is -0.181. The average Bonchev–Trinajstić information content (AvgIpc) is 3.18. The number of carboxylic acids is 1. The minimum Gasteiger partial charge on any atom is -0.480 e. The zero-order chi connectivity index (χ0) is 17.8. The molecule has 2 aromatic heterocycles. The highest BCUT2D eigenvalue weighted by Crippen LogP contribution is 2.34. The second kappa shape index (κ2) is 5.61. The third-order valence-electron chi connectivity index (χ3n) is 4.33. The van der Waals surface area contributed by atoms with Crippen LogP contribution in [0.25, 0.3) is 10.1 Å². The fraction of sp³-hybridized carbons (Fsp3) is 0.267. The van der Waals surface area contributed by atoms with Crippen molar-refractivity contribution in [2.45, 2.75) is 31.0 Å². The lowest BCUT2D eigenvalue weighted by molar-refractivity contribution is -0.142. The van der Waals surface area contributed by atoms with Gasteiger partial charge in [-0.2, -0.15) is 4.31 Å². The second-order valence-electron chi connectivity index (χ2n) is 5.77. The minimum absolute atomic E-state index is 0.00913. The number of nitrogens with zero attached hydrogens (tertiary/aromatic N) is 4. The van der Waals surface area contributed by atoms with E-state index in [1.165, 1.54) is 11.3 Å². The summed E-state index contributed by atoms with van der Waals surface area (Å²) in [6.07, 6.45) is 0. The molecule has 0 saturated heterocycles. The van der Waals surface area contributed by atoms with Crippen LogP contribution in [0.3, 0.4) is 0 Å². The number of hydrogen-bond donors (Lipinski definition) is 1. The largest absolute Gasteiger partial charge is 0.480 e. The lowest BCUT2D eigenvalue weighted by atomic mass is 10.2. The number of carboxylic acid groups (broad SMARTS) is 1. The normalized spacial score (nSPS) is 18.4. The highest BCUT2D eigenvalue weighted by Gasteiger charge is 2.42. The SMILES string of the molecule is Cc1nnc2n1CC(C(=O)O)N(S(=O)(=O)c1csc3ccccc13)C2. The number of hydrogen-bond acceptors (Lipinski definition) is 6. The highest BCUT2D eigenvalue weighted by molar-refractivity contribution is 7.89. The lowest BCUT2D eigenvalue weighted by Gasteiger charge is -2.32. The Labute approximate surface area is 147 Å². The van der Waals surface area contributed by atoms with E-state index in [1.807, 2.05) is 12.1 Å². The Kier molecular flexibility index (Phi) is 3.63. The summed E-state index contributed by atoms with van der Waals surface area (Å²) >= 11 is 1.32. The average molecular weight is 378 g/mol. The van der Waals surface area contributed by atoms with E-state index in [-0.39, 0.29) is 18.0 Å². The summed E-state index contributed by atoms with van der Waals surface area (Å²) in [5.41, 5.74) is 0. The van der Waals surface area contributed by atoms with Crippen LogP contribution in [-0.2, 0) is 27.9 Å². The Hall–Kier alpha value is -2.30. The molecule has 25 heavy (non-hydrogen) atoms. The van der Waals surface area contributed by atoms with Crippen LogP contribution < -0.4 is 0 Å². The van der Waals surface area contributed by atoms with Gasteiger partial charge in [-0.15, -0.1) is 21.5 Å². The maximum Gasteiger partial charge on any atom is 0.323 e. The van der Waals surface area contributed by atoms with Crippen molar-refractivity contribution in [3.05, 3.63) is 41.3 Å². The number of thiophene rings is 1. The van der Waals surface area contributed by atoms with Crippen molar-refractivity contribution >= 4 is 37.4 Å². The Morgan fingerprint density at radius 1 is 1.32 bits per heavy atom. The molecular weight excluding hydrogens is 364 g/mol. The van der Waals surface area contributed by atoms with Crippen LogP contribution in [-0.4, -0.2) is 44.6 Å². The second-order valence-corrected chi connectivity index (χ2v) is 8.54. The van der Waals surface area contributed by atoms with E-state index in [0.717, 1.165) is 9.01 Å². The fourth-order valence-corrected chi connectivity index (χ4v) is 6.03. The van der Waals surface area contributed by atoms with Gasteiger partial charge in [-0.1, -0.05) is 18.2 Å². The molecule has 0 bridgehead atoms. The molecule has 3 heterocycles. The molecule has 1 aromatic carbocycles. The summed E-state index contributed by atoms with van der Waals surface area (Å²) in [7, 11) is -3.99. The number of sulfonamides is 1. The van der Waals surface area contributed by atoms with E-state index < -0.39 is 22.0 Å². The molecule has 10 heteroatoms. The standard InChI is InChI=1S/C15H14N4O4S2/c1-9-16-17-14-7-19(11(15(20)21)6-18(9)14)25(22,23)13-8-24-12-5-3-2-4-10(12)13/h2-5,8,11H,6-7H2,1H3,(H,20,21). The smallest absolute Gasteiger partial charge is 0.323 e. The monoisotopic (exact) mass is 378 g/mol. The summed E-state index contributed by atoms with van der Waals surface area (Å²) in [5, 5.41) is 19.6. The van der Waals surface area contributed by atoms with Gasteiger partial charge in [0.05, 0.1) is 13.1 Å². The van der Waals surface area contributed by atoms with Crippen LogP contribution >= 0.6 is 11.3 Å². The zero-order valence-corrected chi connectivity index (χ0v) is 14.8. The quantitative estimate of drug-likeness (QED) is 0.740. The van der Waals surface area contributed by atoms with E-state index in [1.54, 1.807) is 29.0 Å². The van der Waals surface area contributed by atoms with Gasteiger partial charge in [0.25, 0.3) is 0 Å². The van der Waals surface area contributed by atoms with Crippen molar-refractivity contribution in [2.24, 2.45) is 0 Å². The van der Waals surface area contributed by atoms with Crippen LogP contribution in [0.5, 0.6) is 0 Å². The molecule has 0 radical (unpaired) electrons. The molecule has 0 fully saturated rings. The molecule has 0 amide bonds. The van der Waals surface area contributed by atoms with E-state index >= 15 is 0 Å². The van der Waals surface area contributed by atoms with Crippen LogP contribution in [0.15, 0.2) is 34.5 Å². The van der Waals surface area contributed by atoms with E-state index in [4.69, 9.17) is 0 Å². The van der Waals surface area contributed by atoms with Crippen molar-refractivity contribution in [3.63, 3.8) is 0 Å². The first kappa shape index (κ1) is 16.2. The molecule has 8 nitrogen and oxygen atoms in total. The first-order valence-electron chi connectivity index (χ1n) is 7.49. The van der Waals surface area contributed by atoms with E-state index in [2.05, 4.69) is 10.2 Å². The van der Waals surface area contributed by atoms with Crippen molar-refractivity contribution < 1.29 is 18.3 Å². The van der Waals surface area contributed by atoms with E-state index in [9.17, 15) is 18.3 Å². The number of aryl methyl sites for hydroxylation is 1. The fourth-order valence-electron chi connectivity index (χ4n) is 3.03. The summed E-state index contributed by atoms with van der Waals surface area (Å²) in [6.45, 7) is 1.58. The molecule has 0 aliphatic carbocycles. The van der Waals surface area contributed by atoms with Crippen molar-refractivity contribution in [1.29, 1.82) is 0 Å². The number of benzene rings is 1. The molecule has 130 valence electrons. The van der Waals surface area contributed by atoms with Gasteiger partial charge in [0, 0.05) is 15.5 Å². The number of carbonyl (C=O) groups is 1. The number of rotatable bonds is 3. The molecule has 0 spiro atoms. The van der Waals surface area contributed by atoms with Crippen molar-refractivity contribution in [3.8, 4) is 0 Å². The van der Waals surface area contributed by atoms with Crippen molar-refractivity contribution in [1.82, 2.24) is 19.1 Å². The molecule has 3 aromatic rings. The van der Waals surface area contributed by atoms with Crippen molar-refractivity contribution in [2.75, 3.05) is 0 Å². The van der Waals surface area contributed by atoms with Gasteiger partial charge in [-0.3, -0.25) is 4.79 Å². The molecule has 1 N–H and O–H groups in total. The van der Waals surface area contributed by atoms with Crippen LogP contribution in [0.2, 0.25) is 0 Å². The molecule has 0 saturated carbocycles. The van der Waals surface area contributed by atoms with Crippen LogP contribution in [0.1, 0.15) is 11.6 Å². The van der Waals surface area contributed by atoms with Gasteiger partial charge in [-0.05, 0) is 13.0 Å². The molecule has 4 rings (SSSR count). The molecule has 1 aliphatic rings. The minimum atomic E-state index is -3.99. The first-order valence-corrected chi connectivity index (χ1v) is 9.81. The Morgan fingerprint density at radius 3 is 2.84 bits per heavy atom. The lowest BCUT2D eigenvalue weighted by Crippen LogP contribution is -2.50. The predicted molar refractivity (Wildman–Crippen MR) is 90.7 cm³/mol. The molecule has 1 atom stereocenters. The van der Waals surface area contributed by atoms with Gasteiger partial charge in [0.1, 0.15) is 22.6 Å². The summed E-state index contributed by atoms with van der Waals surface area (Å²) in [4.78, 5) is 11.9. The number of aromatic nitrogens is 3. The maximum atomic E-state index is 13.2. The summed E-state index contributed by atoms with van der Waals surface area (Å²) in [6, 6.07) is 5.96. The zero-order valence-electron chi connectivity index (χ0n) is 13.2. The van der Waals surface area contributed by atoms with Gasteiger partial charge in [0.15, 0.2) is 0 Å². The Balaban J connectivity index is 1.84. The number of fused-ring (bicyclic) bond motifs is 2. The third-order valence-corrected chi connectivity index (χ3v) is 7.34. The van der Waals surface area contributed by atoms with Gasteiger partial charge < -0.3 is 9.67 Å². The third kappa shape index (κ3) is 2.44. The number of aliphatic carboxylic acids is 1. The van der Waals surface area contributed by atoms with Gasteiger partial charge >= 0.3 is 5.97 Å². The predicted octanol–water partition coefficient (Wildman–Crippen LogP) is 1.46. The van der Waals surface area contributed by atoms with E-state index in [0.29, 0.717) is 17.0 Å². The van der Waals surface area contributed by atoms with Gasteiger partial charge in [-0.25, -0.2) is 8.42 Å². The highest BCUT2D eigenvalue weighted by atomic mass is 32.2. The van der Waals surface area contributed by atoms with Crippen LogP contribution in [0.4, 0.5) is 0 Å². The molecule has 1 aliphatic heterocycles. The molecule has 1 unspecified atom stereocenters. The van der Waals surface area contributed by atoms with Gasteiger partial charge in [0.2, 0.25) is 10.0 Å². The Morgan fingerprint density at radius 2 is 2.08 bits per heavy atom. The Bertz CT molecular complexity index is 1090. The van der Waals surface area contributed by atoms with Crippen LogP contribution in [0, 0.1) is 6.92 Å². The summed E-state index contributed by atoms with van der Waals surface area (Å²) < 4.78 is 29.9. The molecular formula is C15H14N4O4S2.